The number of aliphatic hydroxyl groups is 1. The average Bonchev–Trinajstić information content (AvgIpc) is 3.32. The number of halogens is 1. The highest BCUT2D eigenvalue weighted by molar-refractivity contribution is 6.46. The molecule has 7 heteroatoms. The molecule has 4 rings (SSSR count). The molecule has 2 aromatic carbocycles. The summed E-state index contributed by atoms with van der Waals surface area (Å²) in [5, 5.41) is 11.8. The van der Waals surface area contributed by atoms with Crippen molar-refractivity contribution < 1.29 is 19.4 Å². The van der Waals surface area contributed by atoms with Crippen LogP contribution >= 0.6 is 11.6 Å². The lowest BCUT2D eigenvalue weighted by Crippen LogP contribution is -2.33. The van der Waals surface area contributed by atoms with Crippen molar-refractivity contribution in [3.63, 3.8) is 0 Å². The van der Waals surface area contributed by atoms with Crippen molar-refractivity contribution in [1.82, 2.24) is 9.80 Å². The highest BCUT2D eigenvalue weighted by Gasteiger charge is 2.46. The molecule has 1 N–H and O–H groups in total. The lowest BCUT2D eigenvalue weighted by Gasteiger charge is -2.27. The van der Waals surface area contributed by atoms with Crippen LogP contribution in [-0.4, -0.2) is 58.9 Å². The van der Waals surface area contributed by atoms with Gasteiger partial charge in [0, 0.05) is 23.6 Å². The highest BCUT2D eigenvalue weighted by Crippen LogP contribution is 2.41. The molecule has 180 valence electrons. The Hall–Kier alpha value is -2.83. The zero-order chi connectivity index (χ0) is 24.4. The van der Waals surface area contributed by atoms with Crippen molar-refractivity contribution in [2.45, 2.75) is 45.8 Å². The molecule has 0 aliphatic carbocycles. The predicted molar refractivity (Wildman–Crippen MR) is 133 cm³/mol. The van der Waals surface area contributed by atoms with E-state index >= 15 is 0 Å². The molecule has 2 atom stereocenters. The second kappa shape index (κ2) is 10.2. The van der Waals surface area contributed by atoms with E-state index in [2.05, 4.69) is 18.7 Å². The van der Waals surface area contributed by atoms with E-state index in [0.29, 0.717) is 22.7 Å². The zero-order valence-electron chi connectivity index (χ0n) is 19.9. The number of amides is 1. The van der Waals surface area contributed by atoms with Gasteiger partial charge in [0.2, 0.25) is 0 Å². The second-order valence-corrected chi connectivity index (χ2v) is 9.32. The largest absolute Gasteiger partial charge is 0.507 e. The van der Waals surface area contributed by atoms with Gasteiger partial charge in [0.15, 0.2) is 0 Å². The monoisotopic (exact) mass is 482 g/mol. The Bertz CT molecular complexity index is 1130. The van der Waals surface area contributed by atoms with Gasteiger partial charge in [-0.1, -0.05) is 37.6 Å². The molecule has 34 heavy (non-hydrogen) atoms. The fourth-order valence-corrected chi connectivity index (χ4v) is 5.06. The van der Waals surface area contributed by atoms with Crippen molar-refractivity contribution in [1.29, 1.82) is 0 Å². The first-order valence-electron chi connectivity index (χ1n) is 11.9. The molecule has 0 unspecified atom stereocenters. The van der Waals surface area contributed by atoms with Crippen molar-refractivity contribution in [3.8, 4) is 5.75 Å². The minimum atomic E-state index is -0.696. The number of Topliss-reactive ketones (excluding diaryl/α,β-unsaturated/α-hetero) is 1. The predicted octanol–water partition coefficient (Wildman–Crippen LogP) is 4.82. The third kappa shape index (κ3) is 4.70. The number of ether oxygens (including phenoxy) is 1. The molecule has 0 saturated carbocycles. The van der Waals surface area contributed by atoms with E-state index in [1.165, 1.54) is 0 Å². The Morgan fingerprint density at radius 3 is 2.65 bits per heavy atom. The van der Waals surface area contributed by atoms with Gasteiger partial charge in [0.1, 0.15) is 17.6 Å². The third-order valence-electron chi connectivity index (χ3n) is 6.64. The van der Waals surface area contributed by atoms with E-state index in [9.17, 15) is 14.7 Å². The van der Waals surface area contributed by atoms with Crippen LogP contribution in [0.25, 0.3) is 5.76 Å². The molecule has 1 saturated heterocycles. The van der Waals surface area contributed by atoms with Crippen LogP contribution in [0.4, 0.5) is 0 Å². The topological polar surface area (TPSA) is 70.1 Å². The molecular formula is C27H31ClN2O4. The number of carbonyl (C=O) groups excluding carboxylic acids is 2. The van der Waals surface area contributed by atoms with Gasteiger partial charge in [0.05, 0.1) is 11.6 Å². The van der Waals surface area contributed by atoms with E-state index in [4.69, 9.17) is 16.3 Å². The molecule has 2 aromatic rings. The summed E-state index contributed by atoms with van der Waals surface area (Å²) in [6.07, 6.45) is 1.52. The number of likely N-dealkylation sites (tertiary alicyclic amines) is 1. The molecule has 1 amide bonds. The van der Waals surface area contributed by atoms with Gasteiger partial charge < -0.3 is 19.6 Å². The summed E-state index contributed by atoms with van der Waals surface area (Å²) in [5.41, 5.74) is 2.28. The van der Waals surface area contributed by atoms with E-state index in [0.717, 1.165) is 43.8 Å². The first-order valence-corrected chi connectivity index (χ1v) is 12.3. The molecule has 2 heterocycles. The zero-order valence-corrected chi connectivity index (χ0v) is 20.6. The number of ketones is 1. The van der Waals surface area contributed by atoms with Crippen LogP contribution < -0.4 is 4.74 Å². The number of fused-ring (bicyclic) bond motifs is 1. The maximum Gasteiger partial charge on any atom is 0.295 e. The standard InChI is InChI=1S/C27H31ClN2O4/c1-4-29(5-2)12-7-13-30-24(18-8-6-9-21(28)16-18)23(26(32)27(30)33)25(31)19-10-11-22-20(15-19)14-17(3)34-22/h6,8-11,15-17,24,31H,4-5,7,12-14H2,1-3H3/t17-,24-/m1/s1. The number of aliphatic hydroxyl groups excluding tert-OH is 1. The molecule has 2 aliphatic rings. The van der Waals surface area contributed by atoms with Crippen LogP contribution in [0.5, 0.6) is 5.75 Å². The van der Waals surface area contributed by atoms with Crippen LogP contribution in [0.1, 0.15) is 49.9 Å². The number of rotatable bonds is 8. The first-order chi connectivity index (χ1) is 16.3. The van der Waals surface area contributed by atoms with Crippen LogP contribution in [-0.2, 0) is 16.0 Å². The number of benzene rings is 2. The Kier molecular flexibility index (Phi) is 7.29. The fraction of sp³-hybridized carbons (Fsp3) is 0.407. The van der Waals surface area contributed by atoms with Crippen molar-refractivity contribution >= 4 is 29.1 Å². The number of hydrogen-bond acceptors (Lipinski definition) is 5. The highest BCUT2D eigenvalue weighted by atomic mass is 35.5. The van der Waals surface area contributed by atoms with Crippen LogP contribution in [0, 0.1) is 0 Å². The summed E-state index contributed by atoms with van der Waals surface area (Å²) < 4.78 is 5.76. The van der Waals surface area contributed by atoms with Crippen molar-refractivity contribution in [2.24, 2.45) is 0 Å². The molecule has 0 bridgehead atoms. The van der Waals surface area contributed by atoms with E-state index in [1.807, 2.05) is 25.1 Å². The van der Waals surface area contributed by atoms with Crippen LogP contribution in [0.2, 0.25) is 5.02 Å². The van der Waals surface area contributed by atoms with Gasteiger partial charge in [0.25, 0.3) is 11.7 Å². The quantitative estimate of drug-likeness (QED) is 0.332. The molecule has 6 nitrogen and oxygen atoms in total. The maximum absolute atomic E-state index is 13.2. The van der Waals surface area contributed by atoms with Gasteiger partial charge in [-0.25, -0.2) is 0 Å². The van der Waals surface area contributed by atoms with Gasteiger partial charge >= 0.3 is 0 Å². The molecular weight excluding hydrogens is 452 g/mol. The Balaban J connectivity index is 1.73. The summed E-state index contributed by atoms with van der Waals surface area (Å²) in [6.45, 7) is 9.27. The number of hydrogen-bond donors (Lipinski definition) is 1. The minimum absolute atomic E-state index is 0.0650. The van der Waals surface area contributed by atoms with Gasteiger partial charge in [-0.2, -0.15) is 0 Å². The lowest BCUT2D eigenvalue weighted by atomic mass is 9.94. The Labute approximate surface area is 205 Å². The van der Waals surface area contributed by atoms with Crippen LogP contribution in [0.3, 0.4) is 0 Å². The van der Waals surface area contributed by atoms with Crippen LogP contribution in [0.15, 0.2) is 48.0 Å². The van der Waals surface area contributed by atoms with E-state index in [-0.39, 0.29) is 17.4 Å². The molecule has 0 radical (unpaired) electrons. The SMILES string of the molecule is CCN(CC)CCCN1C(=O)C(=O)C(=C(O)c2ccc3c(c2)C[C@@H](C)O3)[C@H]1c1cccc(Cl)c1. The number of carbonyl (C=O) groups is 2. The molecule has 2 aliphatic heterocycles. The average molecular weight is 483 g/mol. The van der Waals surface area contributed by atoms with E-state index < -0.39 is 17.7 Å². The summed E-state index contributed by atoms with van der Waals surface area (Å²) in [6, 6.07) is 11.8. The van der Waals surface area contributed by atoms with Gasteiger partial charge in [-0.3, -0.25) is 9.59 Å². The fourth-order valence-electron chi connectivity index (χ4n) is 4.86. The lowest BCUT2D eigenvalue weighted by molar-refractivity contribution is -0.140. The first kappa shape index (κ1) is 24.3. The number of nitrogens with zero attached hydrogens (tertiary/aromatic N) is 2. The van der Waals surface area contributed by atoms with Gasteiger partial charge in [-0.05, 0) is 74.4 Å². The maximum atomic E-state index is 13.2. The Morgan fingerprint density at radius 2 is 1.94 bits per heavy atom. The molecule has 0 spiro atoms. The van der Waals surface area contributed by atoms with Crippen molar-refractivity contribution in [3.05, 3.63) is 69.8 Å². The smallest absolute Gasteiger partial charge is 0.295 e. The van der Waals surface area contributed by atoms with E-state index in [1.54, 1.807) is 29.2 Å². The van der Waals surface area contributed by atoms with Crippen molar-refractivity contribution in [2.75, 3.05) is 26.2 Å². The summed E-state index contributed by atoms with van der Waals surface area (Å²) in [5.74, 6) is -0.649. The second-order valence-electron chi connectivity index (χ2n) is 8.88. The third-order valence-corrected chi connectivity index (χ3v) is 6.88. The Morgan fingerprint density at radius 1 is 1.18 bits per heavy atom. The summed E-state index contributed by atoms with van der Waals surface area (Å²) in [4.78, 5) is 30.2. The van der Waals surface area contributed by atoms with Gasteiger partial charge in [-0.15, -0.1) is 0 Å². The molecule has 0 aromatic heterocycles. The molecule has 1 fully saturated rings. The normalized spacial score (nSPS) is 21.3. The summed E-state index contributed by atoms with van der Waals surface area (Å²) >= 11 is 6.26. The minimum Gasteiger partial charge on any atom is -0.507 e. The summed E-state index contributed by atoms with van der Waals surface area (Å²) in [7, 11) is 0.